The van der Waals surface area contributed by atoms with Crippen molar-refractivity contribution in [3.8, 4) is 0 Å². The summed E-state index contributed by atoms with van der Waals surface area (Å²) >= 11 is 0. The maximum atomic E-state index is 11.2. The Morgan fingerprint density at radius 1 is 1.57 bits per heavy atom. The smallest absolute Gasteiger partial charge is 0.212 e. The molecule has 0 aliphatic rings. The number of halogens is 3. The Morgan fingerprint density at radius 2 is 2.00 bits per heavy atom. The van der Waals surface area contributed by atoms with Crippen LogP contribution >= 0.6 is 17.7 Å². The molecule has 1 unspecified atom stereocenters. The van der Waals surface area contributed by atoms with Gasteiger partial charge in [0.05, 0.1) is 0 Å². The molecule has 0 spiro atoms. The van der Waals surface area contributed by atoms with Gasteiger partial charge in [-0.05, 0) is 0 Å². The third-order valence-electron chi connectivity index (χ3n) is 0.349. The van der Waals surface area contributed by atoms with E-state index >= 15 is 0 Å². The summed E-state index contributed by atoms with van der Waals surface area (Å²) in [5, 5.41) is 0. The van der Waals surface area contributed by atoms with E-state index in [4.69, 9.17) is 0 Å². The molecule has 0 rings (SSSR count). The lowest BCUT2D eigenvalue weighted by atomic mass is 11.6. The second kappa shape index (κ2) is 3.59. The van der Waals surface area contributed by atoms with Gasteiger partial charge in [0.15, 0.2) is 0 Å². The first kappa shape index (κ1) is 7.61. The molecule has 0 aliphatic heterocycles. The average Bonchev–Trinajstić information content (AvgIpc) is 1.65. The van der Waals surface area contributed by atoms with E-state index in [2.05, 4.69) is 0 Å². The third-order valence-corrected chi connectivity index (χ3v) is 1.73. The monoisotopic (exact) mass is 149 g/mol. The summed E-state index contributed by atoms with van der Waals surface area (Å²) in [4.78, 5) is 0. The Hall–Kier alpha value is 0.610. The summed E-state index contributed by atoms with van der Waals surface area (Å²) < 4.78 is 33.9. The van der Waals surface area contributed by atoms with Gasteiger partial charge in [0, 0.05) is 7.05 Å². The lowest BCUT2D eigenvalue weighted by Gasteiger charge is -2.04. The van der Waals surface area contributed by atoms with Gasteiger partial charge in [-0.15, -0.1) is 0 Å². The summed E-state index contributed by atoms with van der Waals surface area (Å²) in [5.74, 6) is 0. The molecule has 0 aromatic carbocycles. The Morgan fingerprint density at radius 3 is 2.00 bits per heavy atom. The fourth-order valence-electron chi connectivity index (χ4n) is 0.0286. The highest BCUT2D eigenvalue weighted by molar-refractivity contribution is 7.54. The number of hydrogen-bond donors (Lipinski definition) is 0. The van der Waals surface area contributed by atoms with Crippen LogP contribution in [0.1, 0.15) is 0 Å². The van der Waals surface area contributed by atoms with E-state index in [0.29, 0.717) is 4.44 Å². The second-order valence-corrected chi connectivity index (χ2v) is 3.07. The van der Waals surface area contributed by atoms with Gasteiger partial charge < -0.3 is 0 Å². The summed E-state index contributed by atoms with van der Waals surface area (Å²) in [6.07, 6.45) is 0. The van der Waals surface area contributed by atoms with E-state index in [1.165, 1.54) is 0 Å². The van der Waals surface area contributed by atoms with Gasteiger partial charge in [-0.25, -0.2) is 4.20 Å². The van der Waals surface area contributed by atoms with Gasteiger partial charge in [0.2, 0.25) is 0 Å². The molecule has 7 heavy (non-hydrogen) atoms. The predicted octanol–water partition coefficient (Wildman–Crippen LogP) is 2.56. The Balaban J connectivity index is 3.14. The standard InChI is InChI=1S/CH4F3NP2/c1-5(6-2)7(3)4/h6H,1H3. The summed E-state index contributed by atoms with van der Waals surface area (Å²) in [7, 11) is -3.42. The summed E-state index contributed by atoms with van der Waals surface area (Å²) in [5.41, 5.74) is 0. The molecule has 0 heterocycles. The van der Waals surface area contributed by atoms with Crippen molar-refractivity contribution in [1.29, 1.82) is 0 Å². The zero-order valence-corrected chi connectivity index (χ0v) is 5.42. The lowest BCUT2D eigenvalue weighted by Crippen LogP contribution is -1.88. The van der Waals surface area contributed by atoms with Gasteiger partial charge in [-0.3, -0.25) is 0 Å². The molecule has 44 valence electrons. The van der Waals surface area contributed by atoms with Gasteiger partial charge in [-0.2, -0.15) is 12.8 Å². The largest absolute Gasteiger partial charge is 0.350 e. The second-order valence-electron chi connectivity index (χ2n) is 0.823. The molecular weight excluding hydrogens is 145 g/mol. The first-order valence-corrected chi connectivity index (χ1v) is 3.30. The van der Waals surface area contributed by atoms with Crippen molar-refractivity contribution < 1.29 is 12.6 Å². The normalized spacial score (nSPS) is 12.9. The molecule has 0 saturated carbocycles. The Bertz CT molecular complexity index is 50.2. The van der Waals surface area contributed by atoms with Crippen molar-refractivity contribution in [3.05, 3.63) is 0 Å². The van der Waals surface area contributed by atoms with Crippen molar-refractivity contribution in [2.75, 3.05) is 7.05 Å². The molecule has 1 nitrogen and oxygen atoms in total. The average molecular weight is 149 g/mol. The van der Waals surface area contributed by atoms with E-state index in [1.807, 2.05) is 0 Å². The van der Waals surface area contributed by atoms with Gasteiger partial charge in [0.1, 0.15) is 9.04 Å². The first-order chi connectivity index (χ1) is 3.18. The number of nitrogens with zero attached hydrogens (tertiary/aromatic N) is 1. The van der Waals surface area contributed by atoms with Gasteiger partial charge in [0.25, 0.3) is 0 Å². The molecule has 0 saturated heterocycles. The molecular formula is CH4F3NP2. The van der Waals surface area contributed by atoms with Crippen molar-refractivity contribution in [1.82, 2.24) is 4.44 Å². The van der Waals surface area contributed by atoms with E-state index in [9.17, 15) is 12.6 Å². The van der Waals surface area contributed by atoms with Crippen LogP contribution in [0, 0.1) is 0 Å². The minimum Gasteiger partial charge on any atom is -0.212 e. The molecule has 0 amide bonds. The fourth-order valence-corrected chi connectivity index (χ4v) is 0.257. The van der Waals surface area contributed by atoms with Crippen LogP contribution in [0.5, 0.6) is 0 Å². The van der Waals surface area contributed by atoms with Crippen LogP contribution in [0.3, 0.4) is 0 Å². The number of rotatable bonds is 2. The van der Waals surface area contributed by atoms with Crippen LogP contribution in [0.4, 0.5) is 12.6 Å². The Kier molecular flexibility index (Phi) is 3.91. The van der Waals surface area contributed by atoms with Crippen LogP contribution in [0.25, 0.3) is 0 Å². The number of hydrogen-bond acceptors (Lipinski definition) is 1. The molecule has 1 atom stereocenters. The fraction of sp³-hybridized carbons (Fsp3) is 1.00. The third kappa shape index (κ3) is 3.22. The molecule has 0 N–H and O–H groups in total. The van der Waals surface area contributed by atoms with Crippen molar-refractivity contribution in [2.45, 2.75) is 0 Å². The molecule has 0 aliphatic carbocycles. The van der Waals surface area contributed by atoms with Crippen molar-refractivity contribution in [3.63, 3.8) is 0 Å². The molecule has 0 radical (unpaired) electrons. The highest BCUT2D eigenvalue weighted by Gasteiger charge is 2.10. The highest BCUT2D eigenvalue weighted by atomic mass is 31.2. The topological polar surface area (TPSA) is 3.24 Å². The maximum absolute atomic E-state index is 11.2. The van der Waals surface area contributed by atoms with E-state index in [-0.39, 0.29) is 0 Å². The van der Waals surface area contributed by atoms with Crippen LogP contribution in [0.2, 0.25) is 0 Å². The summed E-state index contributed by atoms with van der Waals surface area (Å²) in [6.45, 7) is 0. The van der Waals surface area contributed by atoms with Gasteiger partial charge in [-0.1, -0.05) is 0 Å². The van der Waals surface area contributed by atoms with Crippen LogP contribution in [0.15, 0.2) is 0 Å². The van der Waals surface area contributed by atoms with Gasteiger partial charge >= 0.3 is 8.69 Å². The van der Waals surface area contributed by atoms with Crippen LogP contribution < -0.4 is 0 Å². The van der Waals surface area contributed by atoms with Crippen LogP contribution in [-0.2, 0) is 0 Å². The maximum Gasteiger partial charge on any atom is 0.350 e. The zero-order valence-electron chi connectivity index (χ0n) is 3.53. The zero-order chi connectivity index (χ0) is 5.86. The molecule has 0 aromatic heterocycles. The SMILES string of the molecule is CN(PF)P(F)F. The molecule has 0 aromatic rings. The van der Waals surface area contributed by atoms with E-state index < -0.39 is 17.7 Å². The summed E-state index contributed by atoms with van der Waals surface area (Å²) in [6, 6.07) is 0. The molecule has 0 bridgehead atoms. The van der Waals surface area contributed by atoms with Crippen molar-refractivity contribution in [2.24, 2.45) is 0 Å². The predicted molar refractivity (Wildman–Crippen MR) is 26.3 cm³/mol. The van der Waals surface area contributed by atoms with E-state index in [0.717, 1.165) is 7.05 Å². The minimum absolute atomic E-state index is 0.384. The van der Waals surface area contributed by atoms with Crippen molar-refractivity contribution >= 4 is 17.7 Å². The molecule has 0 fully saturated rings. The minimum atomic E-state index is -3.19. The lowest BCUT2D eigenvalue weighted by molar-refractivity contribution is 0.638. The van der Waals surface area contributed by atoms with E-state index in [1.54, 1.807) is 0 Å². The quantitative estimate of drug-likeness (QED) is 0.545. The van der Waals surface area contributed by atoms with Crippen LogP contribution in [-0.4, -0.2) is 11.5 Å². The Labute approximate surface area is 42.9 Å². The highest BCUT2D eigenvalue weighted by Crippen LogP contribution is 2.48. The first-order valence-electron chi connectivity index (χ1n) is 1.40. The molecule has 6 heteroatoms.